The van der Waals surface area contributed by atoms with Gasteiger partial charge in [-0.1, -0.05) is 72.8 Å². The van der Waals surface area contributed by atoms with Gasteiger partial charge < -0.3 is 4.90 Å². The minimum Gasteiger partial charge on any atom is -0.338 e. The Balaban J connectivity index is 1.81. The molecule has 1 saturated heterocycles. The molecule has 2 aromatic rings. The average Bonchev–Trinajstić information content (AvgIpc) is 2.67. The first kappa shape index (κ1) is 16.6. The second-order valence-electron chi connectivity index (χ2n) is 5.61. The van der Waals surface area contributed by atoms with Crippen molar-refractivity contribution in [3.63, 3.8) is 0 Å². The van der Waals surface area contributed by atoms with E-state index < -0.39 is 0 Å². The van der Waals surface area contributed by atoms with Crippen molar-refractivity contribution in [1.29, 1.82) is 0 Å². The molecule has 0 aromatic heterocycles. The zero-order valence-corrected chi connectivity index (χ0v) is 14.4. The molecule has 24 heavy (non-hydrogen) atoms. The third-order valence-corrected chi connectivity index (χ3v) is 4.94. The van der Waals surface area contributed by atoms with Crippen LogP contribution in [0.4, 0.5) is 0 Å². The summed E-state index contributed by atoms with van der Waals surface area (Å²) >= 11 is 1.91. The number of amides is 1. The Morgan fingerprint density at radius 1 is 0.875 bits per heavy atom. The molecule has 0 radical (unpaired) electrons. The Kier molecular flexibility index (Phi) is 5.91. The number of allylic oxidation sites excluding steroid dienone is 2. The van der Waals surface area contributed by atoms with Crippen LogP contribution >= 0.6 is 11.8 Å². The highest BCUT2D eigenvalue weighted by Crippen LogP contribution is 2.23. The fourth-order valence-electron chi connectivity index (χ4n) is 2.71. The number of nitrogens with zero attached hydrogens (tertiary/aromatic N) is 1. The third kappa shape index (κ3) is 4.39. The van der Waals surface area contributed by atoms with Gasteiger partial charge in [0.25, 0.3) is 0 Å². The molecule has 0 saturated carbocycles. The van der Waals surface area contributed by atoms with Gasteiger partial charge in [0.05, 0.1) is 0 Å². The van der Waals surface area contributed by atoms with Gasteiger partial charge in [-0.05, 0) is 16.7 Å². The summed E-state index contributed by atoms with van der Waals surface area (Å²) in [6.07, 6.45) is 5.59. The second-order valence-corrected chi connectivity index (χ2v) is 6.83. The molecular weight excluding hydrogens is 314 g/mol. The maximum Gasteiger partial charge on any atom is 0.246 e. The van der Waals surface area contributed by atoms with E-state index >= 15 is 0 Å². The molecule has 0 aliphatic carbocycles. The van der Waals surface area contributed by atoms with E-state index in [1.165, 1.54) is 0 Å². The van der Waals surface area contributed by atoms with Crippen molar-refractivity contribution in [2.24, 2.45) is 0 Å². The summed E-state index contributed by atoms with van der Waals surface area (Å²) in [7, 11) is 0. The maximum absolute atomic E-state index is 12.3. The van der Waals surface area contributed by atoms with Crippen LogP contribution in [0.15, 0.2) is 78.9 Å². The van der Waals surface area contributed by atoms with Crippen molar-refractivity contribution in [3.05, 3.63) is 90.0 Å². The Morgan fingerprint density at radius 2 is 1.42 bits per heavy atom. The highest BCUT2D eigenvalue weighted by atomic mass is 32.2. The van der Waals surface area contributed by atoms with E-state index in [0.717, 1.165) is 41.3 Å². The fraction of sp³-hybridized carbons (Fsp3) is 0.190. The maximum atomic E-state index is 12.3. The SMILES string of the molecule is O=C(/C=C/C=C(c1ccccc1)c1ccccc1)N1CCSCC1. The Bertz CT molecular complexity index is 675. The van der Waals surface area contributed by atoms with Gasteiger partial charge in [0.1, 0.15) is 0 Å². The van der Waals surface area contributed by atoms with Crippen LogP contribution in [0.2, 0.25) is 0 Å². The number of rotatable bonds is 4. The van der Waals surface area contributed by atoms with Crippen LogP contribution < -0.4 is 0 Å². The van der Waals surface area contributed by atoms with Gasteiger partial charge >= 0.3 is 0 Å². The molecule has 0 spiro atoms. The largest absolute Gasteiger partial charge is 0.338 e. The van der Waals surface area contributed by atoms with E-state index in [0.29, 0.717) is 0 Å². The van der Waals surface area contributed by atoms with E-state index in [2.05, 4.69) is 24.3 Å². The summed E-state index contributed by atoms with van der Waals surface area (Å²) in [5.41, 5.74) is 3.42. The molecule has 122 valence electrons. The lowest BCUT2D eigenvalue weighted by atomic mass is 9.97. The van der Waals surface area contributed by atoms with E-state index in [1.54, 1.807) is 6.08 Å². The Morgan fingerprint density at radius 3 is 1.96 bits per heavy atom. The van der Waals surface area contributed by atoms with Crippen molar-refractivity contribution in [2.75, 3.05) is 24.6 Å². The number of hydrogen-bond donors (Lipinski definition) is 0. The van der Waals surface area contributed by atoms with Gasteiger partial charge in [-0.25, -0.2) is 0 Å². The quantitative estimate of drug-likeness (QED) is 0.615. The van der Waals surface area contributed by atoms with E-state index in [9.17, 15) is 4.79 Å². The lowest BCUT2D eigenvalue weighted by Gasteiger charge is -2.24. The van der Waals surface area contributed by atoms with Gasteiger partial charge in [-0.3, -0.25) is 4.79 Å². The fourth-order valence-corrected chi connectivity index (χ4v) is 3.61. The van der Waals surface area contributed by atoms with E-state index in [1.807, 2.05) is 65.2 Å². The van der Waals surface area contributed by atoms with Gasteiger partial charge in [0, 0.05) is 30.7 Å². The number of carbonyl (C=O) groups excluding carboxylic acids is 1. The van der Waals surface area contributed by atoms with Gasteiger partial charge in [-0.15, -0.1) is 0 Å². The zero-order chi connectivity index (χ0) is 16.6. The molecule has 3 rings (SSSR count). The Labute approximate surface area is 147 Å². The molecule has 1 aliphatic rings. The molecule has 2 nitrogen and oxygen atoms in total. The van der Waals surface area contributed by atoms with Crippen LogP contribution in [-0.4, -0.2) is 35.4 Å². The van der Waals surface area contributed by atoms with Crippen LogP contribution in [0.3, 0.4) is 0 Å². The molecule has 3 heteroatoms. The minimum absolute atomic E-state index is 0.104. The van der Waals surface area contributed by atoms with Crippen LogP contribution in [0.1, 0.15) is 11.1 Å². The summed E-state index contributed by atoms with van der Waals surface area (Å²) in [6, 6.07) is 20.5. The zero-order valence-electron chi connectivity index (χ0n) is 13.6. The summed E-state index contributed by atoms with van der Waals surface area (Å²) in [6.45, 7) is 1.70. The number of benzene rings is 2. The topological polar surface area (TPSA) is 20.3 Å². The predicted octanol–water partition coefficient (Wildman–Crippen LogP) is 4.25. The molecule has 1 fully saturated rings. The van der Waals surface area contributed by atoms with Crippen molar-refractivity contribution >= 4 is 23.2 Å². The summed E-state index contributed by atoms with van der Waals surface area (Å²) in [5, 5.41) is 0. The third-order valence-electron chi connectivity index (χ3n) is 3.99. The molecule has 1 heterocycles. The molecule has 0 unspecified atom stereocenters. The first-order valence-electron chi connectivity index (χ1n) is 8.20. The van der Waals surface area contributed by atoms with Crippen LogP contribution in [-0.2, 0) is 4.79 Å². The lowest BCUT2D eigenvalue weighted by molar-refractivity contribution is -0.125. The number of thioether (sulfide) groups is 1. The molecule has 1 amide bonds. The number of hydrogen-bond acceptors (Lipinski definition) is 2. The van der Waals surface area contributed by atoms with E-state index in [-0.39, 0.29) is 5.91 Å². The summed E-state index contributed by atoms with van der Waals surface area (Å²) in [4.78, 5) is 14.2. The molecule has 0 bridgehead atoms. The van der Waals surface area contributed by atoms with E-state index in [4.69, 9.17) is 0 Å². The standard InChI is InChI=1S/C21H21NOS/c23-21(22-14-16-24-17-15-22)13-7-12-20(18-8-3-1-4-9-18)19-10-5-2-6-11-19/h1-13H,14-17H2/b13-7+. The smallest absolute Gasteiger partial charge is 0.246 e. The lowest BCUT2D eigenvalue weighted by Crippen LogP contribution is -2.36. The minimum atomic E-state index is 0.104. The first-order valence-corrected chi connectivity index (χ1v) is 9.36. The summed E-state index contributed by atoms with van der Waals surface area (Å²) in [5.74, 6) is 2.18. The first-order chi connectivity index (χ1) is 11.8. The van der Waals surface area contributed by atoms with Crippen LogP contribution in [0, 0.1) is 0 Å². The van der Waals surface area contributed by atoms with Gasteiger partial charge in [0.15, 0.2) is 0 Å². The molecule has 2 aromatic carbocycles. The highest BCUT2D eigenvalue weighted by Gasteiger charge is 2.13. The second kappa shape index (κ2) is 8.55. The normalized spacial score (nSPS) is 14.6. The van der Waals surface area contributed by atoms with Crippen molar-refractivity contribution in [3.8, 4) is 0 Å². The van der Waals surface area contributed by atoms with Gasteiger partial charge in [0.2, 0.25) is 5.91 Å². The van der Waals surface area contributed by atoms with Gasteiger partial charge in [-0.2, -0.15) is 11.8 Å². The van der Waals surface area contributed by atoms with Crippen LogP contribution in [0.25, 0.3) is 5.57 Å². The van der Waals surface area contributed by atoms with Crippen molar-refractivity contribution in [2.45, 2.75) is 0 Å². The predicted molar refractivity (Wildman–Crippen MR) is 103 cm³/mol. The average molecular weight is 335 g/mol. The molecule has 0 N–H and O–H groups in total. The molecule has 0 atom stereocenters. The number of carbonyl (C=O) groups is 1. The van der Waals surface area contributed by atoms with Crippen molar-refractivity contribution < 1.29 is 4.79 Å². The van der Waals surface area contributed by atoms with Crippen LogP contribution in [0.5, 0.6) is 0 Å². The summed E-state index contributed by atoms with van der Waals surface area (Å²) < 4.78 is 0. The van der Waals surface area contributed by atoms with Crippen molar-refractivity contribution in [1.82, 2.24) is 4.90 Å². The Hall–Kier alpha value is -2.26. The highest BCUT2D eigenvalue weighted by molar-refractivity contribution is 7.99. The molecule has 1 aliphatic heterocycles. The molecular formula is C21H21NOS. The monoisotopic (exact) mass is 335 g/mol.